The van der Waals surface area contributed by atoms with Gasteiger partial charge in [0.2, 0.25) is 0 Å². The summed E-state index contributed by atoms with van der Waals surface area (Å²) in [6.45, 7) is 6.46. The van der Waals surface area contributed by atoms with Crippen LogP contribution in [0, 0.1) is 5.41 Å². The molecule has 1 saturated heterocycles. The van der Waals surface area contributed by atoms with E-state index in [1.165, 1.54) is 21.1 Å². The average Bonchev–Trinajstić information content (AvgIpc) is 2.62. The molecule has 2 aliphatic rings. The topological polar surface area (TPSA) is 148 Å². The third-order valence-corrected chi connectivity index (χ3v) is 9.23. The summed E-state index contributed by atoms with van der Waals surface area (Å²) < 4.78 is 31.6. The number of H-pyrrole nitrogens is 1. The second-order valence-corrected chi connectivity index (χ2v) is 11.6. The molecule has 2 aliphatic heterocycles. The Kier molecular flexibility index (Phi) is 5.36. The van der Waals surface area contributed by atoms with Gasteiger partial charge in [-0.2, -0.15) is 4.98 Å². The Balaban J connectivity index is 2.21. The van der Waals surface area contributed by atoms with Gasteiger partial charge in [-0.25, -0.2) is 8.42 Å². The van der Waals surface area contributed by atoms with E-state index in [1.54, 1.807) is 20.8 Å². The van der Waals surface area contributed by atoms with E-state index in [4.69, 9.17) is 4.74 Å². The van der Waals surface area contributed by atoms with Gasteiger partial charge in [0.15, 0.2) is 32.3 Å². The number of nitrogens with zero attached hydrogens (tertiary/aromatic N) is 3. The van der Waals surface area contributed by atoms with Gasteiger partial charge in [0.25, 0.3) is 5.91 Å². The quantitative estimate of drug-likeness (QED) is 0.460. The van der Waals surface area contributed by atoms with Crippen LogP contribution < -0.4 is 11.1 Å². The number of aromatic nitrogens is 3. The normalized spacial score (nSPS) is 25.7. The number of β-lactam (4-membered cyclic amide) rings is 1. The van der Waals surface area contributed by atoms with Crippen molar-refractivity contribution in [1.29, 1.82) is 0 Å². The number of methoxy groups -OCH3 is 1. The van der Waals surface area contributed by atoms with Crippen LogP contribution in [0.4, 0.5) is 0 Å². The molecule has 1 aromatic heterocycles. The molecule has 30 heavy (non-hydrogen) atoms. The van der Waals surface area contributed by atoms with Crippen molar-refractivity contribution in [1.82, 2.24) is 19.7 Å². The first-order chi connectivity index (χ1) is 13.7. The fourth-order valence-electron chi connectivity index (χ4n) is 3.35. The van der Waals surface area contributed by atoms with Crippen molar-refractivity contribution in [2.45, 2.75) is 48.9 Å². The number of aromatic amines is 1. The molecule has 13 heteroatoms. The number of hydrogen-bond acceptors (Lipinski definition) is 9. The number of Topliss-reactive ketones (excluding diaryl/α,β-unsaturated/α-hetero) is 1. The van der Waals surface area contributed by atoms with E-state index in [-0.39, 0.29) is 16.4 Å². The van der Waals surface area contributed by atoms with Crippen LogP contribution >= 0.6 is 11.8 Å². The summed E-state index contributed by atoms with van der Waals surface area (Å²) >= 11 is 0.704. The molecule has 11 nitrogen and oxygen atoms in total. The van der Waals surface area contributed by atoms with Crippen LogP contribution in [0.25, 0.3) is 0 Å². The smallest absolute Gasteiger partial charge is 0.339 e. The molecule has 0 radical (unpaired) electrons. The monoisotopic (exact) mass is 458 g/mol. The van der Waals surface area contributed by atoms with E-state index < -0.39 is 54.1 Å². The molecule has 3 atom stereocenters. The van der Waals surface area contributed by atoms with Gasteiger partial charge in [-0.15, -0.1) is 0 Å². The lowest BCUT2D eigenvalue weighted by Crippen LogP contribution is -2.71. The maximum atomic E-state index is 13.4. The lowest BCUT2D eigenvalue weighted by Gasteiger charge is -2.51. The van der Waals surface area contributed by atoms with Gasteiger partial charge in [0.1, 0.15) is 4.58 Å². The molecule has 0 saturated carbocycles. The van der Waals surface area contributed by atoms with E-state index in [0.29, 0.717) is 11.8 Å². The number of thioether (sulfide) groups is 1. The maximum absolute atomic E-state index is 13.4. The van der Waals surface area contributed by atoms with Crippen LogP contribution in [0.3, 0.4) is 0 Å². The number of rotatable bonds is 4. The van der Waals surface area contributed by atoms with Crippen LogP contribution in [0.1, 0.15) is 27.7 Å². The van der Waals surface area contributed by atoms with Crippen LogP contribution in [0.2, 0.25) is 0 Å². The molecule has 0 bridgehead atoms. The number of aryl methyl sites for hydroxylation is 1. The van der Waals surface area contributed by atoms with E-state index in [1.807, 2.05) is 0 Å². The predicted octanol–water partition coefficient (Wildman–Crippen LogP) is -0.612. The van der Waals surface area contributed by atoms with Crippen LogP contribution in [0.5, 0.6) is 0 Å². The van der Waals surface area contributed by atoms with Crippen molar-refractivity contribution in [3.63, 3.8) is 0 Å². The van der Waals surface area contributed by atoms with Crippen molar-refractivity contribution in [2.75, 3.05) is 7.11 Å². The minimum absolute atomic E-state index is 0.00699. The largest absolute Gasteiger partial charge is 0.368 e. The van der Waals surface area contributed by atoms with Gasteiger partial charge < -0.3 is 4.74 Å². The molecule has 3 heterocycles. The Hall–Kier alpha value is -2.25. The zero-order valence-electron chi connectivity index (χ0n) is 17.2. The SMILES string of the molecule is CO[C@@H]1C(=O)N2C(C(=O)C(C)(C)C)=C(C)C(Sc3nc(=O)c(=O)[nH]n3C)S(=O)(=O)[C@H]12. The van der Waals surface area contributed by atoms with Crippen molar-refractivity contribution >= 4 is 33.3 Å². The maximum Gasteiger partial charge on any atom is 0.339 e. The van der Waals surface area contributed by atoms with Gasteiger partial charge in [0.05, 0.1) is 5.70 Å². The summed E-state index contributed by atoms with van der Waals surface area (Å²) in [5, 5.41) is 0.840. The van der Waals surface area contributed by atoms with Gasteiger partial charge >= 0.3 is 11.1 Å². The molecule has 1 unspecified atom stereocenters. The standard InChI is InChI=1S/C17H22N4O7S2/c1-7-8(10(22)17(2,3)4)21-13(25)9(28-6)14(21)30(26,27)15(7)29-16-18-11(23)12(24)19-20(16)5/h9,14-15H,1-6H3,(H,19,24)/t9-,14-,15?/m1/s1. The molecule has 0 aromatic carbocycles. The minimum atomic E-state index is -4.07. The highest BCUT2D eigenvalue weighted by molar-refractivity contribution is 8.14. The third kappa shape index (κ3) is 3.24. The minimum Gasteiger partial charge on any atom is -0.368 e. The van der Waals surface area contributed by atoms with Crippen LogP contribution in [-0.4, -0.2) is 62.9 Å². The number of fused-ring (bicyclic) bond motifs is 1. The third-order valence-electron chi connectivity index (χ3n) is 4.91. The fourth-order valence-corrected chi connectivity index (χ4v) is 7.24. The zero-order valence-corrected chi connectivity index (χ0v) is 18.9. The number of sulfone groups is 1. The van der Waals surface area contributed by atoms with Gasteiger partial charge in [-0.3, -0.25) is 33.9 Å². The highest BCUT2D eigenvalue weighted by Gasteiger charge is 2.63. The molecule has 3 rings (SSSR count). The first-order valence-electron chi connectivity index (χ1n) is 8.91. The summed E-state index contributed by atoms with van der Waals surface area (Å²) in [6, 6.07) is 0. The molecule has 164 valence electrons. The predicted molar refractivity (Wildman–Crippen MR) is 107 cm³/mol. The van der Waals surface area contributed by atoms with E-state index in [0.717, 1.165) is 9.58 Å². The summed E-state index contributed by atoms with van der Waals surface area (Å²) in [5.41, 5.74) is -2.72. The summed E-state index contributed by atoms with van der Waals surface area (Å²) in [5.74, 6) is -0.993. The van der Waals surface area contributed by atoms with Gasteiger partial charge in [-0.05, 0) is 12.5 Å². The molecule has 0 aliphatic carbocycles. The molecular weight excluding hydrogens is 436 g/mol. The number of nitrogens with one attached hydrogen (secondary N) is 1. The van der Waals surface area contributed by atoms with Crippen molar-refractivity contribution in [2.24, 2.45) is 12.5 Å². The zero-order chi connectivity index (χ0) is 22.8. The van der Waals surface area contributed by atoms with Gasteiger partial charge in [-0.1, -0.05) is 32.5 Å². The van der Waals surface area contributed by atoms with Crippen molar-refractivity contribution < 1.29 is 22.7 Å². The first kappa shape index (κ1) is 22.4. The molecule has 1 N–H and O–H groups in total. The van der Waals surface area contributed by atoms with Crippen LogP contribution in [0.15, 0.2) is 26.0 Å². The van der Waals surface area contributed by atoms with E-state index >= 15 is 0 Å². The van der Waals surface area contributed by atoms with Crippen molar-refractivity contribution in [3.05, 3.63) is 32.0 Å². The highest BCUT2D eigenvalue weighted by Crippen LogP contribution is 2.47. The summed E-state index contributed by atoms with van der Waals surface area (Å²) in [4.78, 5) is 53.4. The summed E-state index contributed by atoms with van der Waals surface area (Å²) in [7, 11) is -1.44. The van der Waals surface area contributed by atoms with E-state index in [2.05, 4.69) is 10.1 Å². The molecule has 1 amide bonds. The Morgan fingerprint density at radius 2 is 1.83 bits per heavy atom. The number of hydrogen-bond donors (Lipinski definition) is 1. The number of carbonyl (C=O) groups excluding carboxylic acids is 2. The molecule has 1 fully saturated rings. The average molecular weight is 459 g/mol. The summed E-state index contributed by atoms with van der Waals surface area (Å²) in [6.07, 6.45) is -1.23. The Bertz CT molecular complexity index is 1190. The number of amides is 1. The first-order valence-corrected chi connectivity index (χ1v) is 11.4. The Labute approximate surface area is 176 Å². The lowest BCUT2D eigenvalue weighted by atomic mass is 9.86. The van der Waals surface area contributed by atoms with Gasteiger partial charge in [0, 0.05) is 19.6 Å². The second kappa shape index (κ2) is 7.17. The van der Waals surface area contributed by atoms with E-state index in [9.17, 15) is 27.6 Å². The van der Waals surface area contributed by atoms with Crippen LogP contribution in [-0.2, 0) is 31.2 Å². The number of ketones is 1. The number of carbonyl (C=O) groups is 2. The number of allylic oxidation sites excluding steroid dienone is 1. The Morgan fingerprint density at radius 3 is 2.37 bits per heavy atom. The molecule has 0 spiro atoms. The van der Waals surface area contributed by atoms with Crippen molar-refractivity contribution in [3.8, 4) is 0 Å². The molecular formula is C17H22N4O7S2. The molecule has 1 aromatic rings. The Morgan fingerprint density at radius 1 is 1.23 bits per heavy atom. The second-order valence-electron chi connectivity index (χ2n) is 8.10. The number of ether oxygens (including phenoxy) is 1. The fraction of sp³-hybridized carbons (Fsp3) is 0.588. The highest BCUT2D eigenvalue weighted by atomic mass is 32.3. The lowest BCUT2D eigenvalue weighted by molar-refractivity contribution is -0.161.